The zero-order chi connectivity index (χ0) is 13.1. The van der Waals surface area contributed by atoms with Gasteiger partial charge in [-0.05, 0) is 43.9 Å². The van der Waals surface area contributed by atoms with Crippen molar-refractivity contribution < 1.29 is 5.11 Å². The first kappa shape index (κ1) is 13.4. The van der Waals surface area contributed by atoms with E-state index in [1.807, 2.05) is 25.1 Å². The van der Waals surface area contributed by atoms with Crippen LogP contribution in [0, 0.1) is 17.2 Å². The van der Waals surface area contributed by atoms with Crippen molar-refractivity contribution in [1.82, 2.24) is 0 Å². The standard InChI is InChI=1S/C14H17BrN2O/c1-10(18)11-4-6-17(7-5-11)14-3-2-13(15)8-12(14)9-16/h2-3,8,10-11,18H,4-7H2,1H3/t10-/m0/s1. The third kappa shape index (κ3) is 2.85. The first-order chi connectivity index (χ1) is 8.61. The number of benzene rings is 1. The Morgan fingerprint density at radius 1 is 1.44 bits per heavy atom. The first-order valence-corrected chi connectivity index (χ1v) is 7.04. The second kappa shape index (κ2) is 5.73. The fourth-order valence-corrected chi connectivity index (χ4v) is 2.86. The largest absolute Gasteiger partial charge is 0.393 e. The zero-order valence-corrected chi connectivity index (χ0v) is 12.0. The highest BCUT2D eigenvalue weighted by Crippen LogP contribution is 2.29. The molecule has 1 atom stereocenters. The molecule has 1 aromatic rings. The second-order valence-electron chi connectivity index (χ2n) is 4.84. The molecule has 0 aromatic heterocycles. The molecule has 0 bridgehead atoms. The van der Waals surface area contributed by atoms with E-state index in [1.54, 1.807) is 0 Å². The molecule has 96 valence electrons. The van der Waals surface area contributed by atoms with Gasteiger partial charge in [0, 0.05) is 17.6 Å². The van der Waals surface area contributed by atoms with E-state index in [4.69, 9.17) is 0 Å². The van der Waals surface area contributed by atoms with Gasteiger partial charge in [-0.25, -0.2) is 0 Å². The van der Waals surface area contributed by atoms with E-state index >= 15 is 0 Å². The number of nitrogens with zero attached hydrogens (tertiary/aromatic N) is 2. The van der Waals surface area contributed by atoms with Crippen LogP contribution in [0.25, 0.3) is 0 Å². The maximum Gasteiger partial charge on any atom is 0.101 e. The minimum atomic E-state index is -0.229. The zero-order valence-electron chi connectivity index (χ0n) is 10.4. The number of hydrogen-bond donors (Lipinski definition) is 1. The summed E-state index contributed by atoms with van der Waals surface area (Å²) in [7, 11) is 0. The van der Waals surface area contributed by atoms with Crippen LogP contribution >= 0.6 is 15.9 Å². The van der Waals surface area contributed by atoms with Crippen molar-refractivity contribution >= 4 is 21.6 Å². The number of hydrogen-bond acceptors (Lipinski definition) is 3. The van der Waals surface area contributed by atoms with Crippen LogP contribution in [-0.2, 0) is 0 Å². The Hall–Kier alpha value is -1.05. The number of nitriles is 1. The second-order valence-corrected chi connectivity index (χ2v) is 5.75. The van der Waals surface area contributed by atoms with Crippen molar-refractivity contribution in [2.75, 3.05) is 18.0 Å². The Labute approximate surface area is 116 Å². The summed E-state index contributed by atoms with van der Waals surface area (Å²) in [5.41, 5.74) is 1.71. The molecule has 1 N–H and O–H groups in total. The molecule has 2 rings (SSSR count). The molecule has 18 heavy (non-hydrogen) atoms. The van der Waals surface area contributed by atoms with Gasteiger partial charge in [-0.3, -0.25) is 0 Å². The average molecular weight is 309 g/mol. The van der Waals surface area contributed by atoms with Crippen molar-refractivity contribution in [3.63, 3.8) is 0 Å². The van der Waals surface area contributed by atoms with Gasteiger partial charge in [0.15, 0.2) is 0 Å². The number of piperidine rings is 1. The van der Waals surface area contributed by atoms with Crippen LogP contribution in [0.15, 0.2) is 22.7 Å². The van der Waals surface area contributed by atoms with Crippen LogP contribution < -0.4 is 4.90 Å². The van der Waals surface area contributed by atoms with Gasteiger partial charge in [0.2, 0.25) is 0 Å². The number of halogens is 1. The summed E-state index contributed by atoms with van der Waals surface area (Å²) in [6, 6.07) is 8.06. The van der Waals surface area contributed by atoms with Gasteiger partial charge in [-0.1, -0.05) is 15.9 Å². The lowest BCUT2D eigenvalue weighted by molar-refractivity contribution is 0.110. The number of aliphatic hydroxyl groups is 1. The van der Waals surface area contributed by atoms with E-state index in [0.29, 0.717) is 11.5 Å². The van der Waals surface area contributed by atoms with E-state index < -0.39 is 0 Å². The molecule has 1 fully saturated rings. The molecule has 4 heteroatoms. The lowest BCUT2D eigenvalue weighted by atomic mass is 9.91. The molecule has 1 aromatic carbocycles. The van der Waals surface area contributed by atoms with E-state index in [0.717, 1.165) is 36.1 Å². The number of anilines is 1. The van der Waals surface area contributed by atoms with Crippen LogP contribution in [-0.4, -0.2) is 24.3 Å². The summed E-state index contributed by atoms with van der Waals surface area (Å²) in [5, 5.41) is 18.8. The summed E-state index contributed by atoms with van der Waals surface area (Å²) in [6.07, 6.45) is 1.74. The number of rotatable bonds is 2. The maximum atomic E-state index is 9.59. The van der Waals surface area contributed by atoms with Crippen LogP contribution in [0.2, 0.25) is 0 Å². The molecule has 0 unspecified atom stereocenters. The van der Waals surface area contributed by atoms with Gasteiger partial charge in [-0.15, -0.1) is 0 Å². The molecule has 1 saturated heterocycles. The van der Waals surface area contributed by atoms with E-state index in [2.05, 4.69) is 26.9 Å². The lowest BCUT2D eigenvalue weighted by Gasteiger charge is -2.35. The minimum absolute atomic E-state index is 0.229. The fraction of sp³-hybridized carbons (Fsp3) is 0.500. The third-order valence-electron chi connectivity index (χ3n) is 3.64. The van der Waals surface area contributed by atoms with Gasteiger partial charge in [0.25, 0.3) is 0 Å². The SMILES string of the molecule is C[C@H](O)C1CCN(c2ccc(Br)cc2C#N)CC1. The highest BCUT2D eigenvalue weighted by molar-refractivity contribution is 9.10. The van der Waals surface area contributed by atoms with Gasteiger partial charge in [0.05, 0.1) is 17.4 Å². The van der Waals surface area contributed by atoms with Crippen LogP contribution in [0.3, 0.4) is 0 Å². The van der Waals surface area contributed by atoms with Gasteiger partial charge >= 0.3 is 0 Å². The highest BCUT2D eigenvalue weighted by atomic mass is 79.9. The quantitative estimate of drug-likeness (QED) is 0.914. The Kier molecular flexibility index (Phi) is 4.26. The Morgan fingerprint density at radius 3 is 2.67 bits per heavy atom. The average Bonchev–Trinajstić information content (AvgIpc) is 2.38. The molecule has 0 aliphatic carbocycles. The normalized spacial score (nSPS) is 18.4. The lowest BCUT2D eigenvalue weighted by Crippen LogP contribution is -2.37. The summed E-state index contributed by atoms with van der Waals surface area (Å²) < 4.78 is 0.932. The van der Waals surface area contributed by atoms with Crippen LogP contribution in [0.1, 0.15) is 25.3 Å². The van der Waals surface area contributed by atoms with Crippen LogP contribution in [0.4, 0.5) is 5.69 Å². The maximum absolute atomic E-state index is 9.59. The number of aliphatic hydroxyl groups excluding tert-OH is 1. The summed E-state index contributed by atoms with van der Waals surface area (Å²) in [6.45, 7) is 3.68. The Balaban J connectivity index is 2.13. The Morgan fingerprint density at radius 2 is 2.11 bits per heavy atom. The van der Waals surface area contributed by atoms with Crippen LogP contribution in [0.5, 0.6) is 0 Å². The summed E-state index contributed by atoms with van der Waals surface area (Å²) >= 11 is 3.39. The monoisotopic (exact) mass is 308 g/mol. The predicted molar refractivity (Wildman–Crippen MR) is 75.5 cm³/mol. The van der Waals surface area contributed by atoms with Gasteiger partial charge in [0.1, 0.15) is 6.07 Å². The predicted octanol–water partition coefficient (Wildman–Crippen LogP) is 2.92. The Bertz CT molecular complexity index is 459. The fourth-order valence-electron chi connectivity index (χ4n) is 2.50. The molecule has 1 heterocycles. The smallest absolute Gasteiger partial charge is 0.101 e. The van der Waals surface area contributed by atoms with Crippen molar-refractivity contribution in [2.24, 2.45) is 5.92 Å². The third-order valence-corrected chi connectivity index (χ3v) is 4.13. The van der Waals surface area contributed by atoms with Gasteiger partial charge < -0.3 is 10.0 Å². The summed E-state index contributed by atoms with van der Waals surface area (Å²) in [5.74, 6) is 0.391. The molecular formula is C14H17BrN2O. The topological polar surface area (TPSA) is 47.3 Å². The molecule has 1 aliphatic rings. The molecular weight excluding hydrogens is 292 g/mol. The van der Waals surface area contributed by atoms with E-state index in [-0.39, 0.29) is 6.10 Å². The summed E-state index contributed by atoms with van der Waals surface area (Å²) in [4.78, 5) is 2.24. The minimum Gasteiger partial charge on any atom is -0.393 e. The molecule has 3 nitrogen and oxygen atoms in total. The first-order valence-electron chi connectivity index (χ1n) is 6.24. The van der Waals surface area contributed by atoms with E-state index in [9.17, 15) is 10.4 Å². The highest BCUT2D eigenvalue weighted by Gasteiger charge is 2.23. The molecule has 0 radical (unpaired) electrons. The van der Waals surface area contributed by atoms with Crippen molar-refractivity contribution in [1.29, 1.82) is 5.26 Å². The van der Waals surface area contributed by atoms with Crippen molar-refractivity contribution in [3.8, 4) is 6.07 Å². The van der Waals surface area contributed by atoms with Crippen molar-refractivity contribution in [2.45, 2.75) is 25.9 Å². The van der Waals surface area contributed by atoms with E-state index in [1.165, 1.54) is 0 Å². The molecule has 0 amide bonds. The van der Waals surface area contributed by atoms with Crippen molar-refractivity contribution in [3.05, 3.63) is 28.2 Å². The molecule has 1 aliphatic heterocycles. The van der Waals surface area contributed by atoms with Gasteiger partial charge in [-0.2, -0.15) is 5.26 Å². The molecule has 0 spiro atoms. The molecule has 0 saturated carbocycles.